The SMILES string of the molecule is CC(C)(C)[C@H](N)C(=O)N1CCC[C@H]1c1nc(-c2cccc3ccccc23)cs1.C[C@H](CC(=O)OC(C)(C)C)C(=O)N[C@H](C(=O)N1CCC[C@H]1c1nc(-c2cccc3ccccc23)cs1)C(C)(C)C. The largest absolute Gasteiger partial charge is 0.460 e. The van der Waals surface area contributed by atoms with Crippen molar-refractivity contribution in [3.63, 3.8) is 0 Å². The number of likely N-dealkylation sites (tertiary alicyclic amines) is 2. The molecule has 2 aliphatic heterocycles. The number of benzene rings is 4. The van der Waals surface area contributed by atoms with Crippen LogP contribution < -0.4 is 11.1 Å². The summed E-state index contributed by atoms with van der Waals surface area (Å²) in [5.41, 5.74) is 8.98. The molecule has 0 bridgehead atoms. The van der Waals surface area contributed by atoms with Gasteiger partial charge >= 0.3 is 5.97 Å². The lowest BCUT2D eigenvalue weighted by molar-refractivity contribution is -0.157. The second-order valence-corrected chi connectivity index (χ2v) is 23.2. The van der Waals surface area contributed by atoms with E-state index in [4.69, 9.17) is 20.4 Å². The van der Waals surface area contributed by atoms with Crippen molar-refractivity contribution < 1.29 is 23.9 Å². The van der Waals surface area contributed by atoms with Gasteiger partial charge in [-0.25, -0.2) is 9.97 Å². The number of carbonyl (C=O) groups excluding carboxylic acids is 4. The van der Waals surface area contributed by atoms with Crippen molar-refractivity contribution in [1.82, 2.24) is 25.1 Å². The molecular weight excluding hydrogens is 889 g/mol. The molecule has 2 aliphatic rings. The summed E-state index contributed by atoms with van der Waals surface area (Å²) < 4.78 is 5.38. The van der Waals surface area contributed by atoms with Gasteiger partial charge in [-0.2, -0.15) is 0 Å². The highest BCUT2D eigenvalue weighted by molar-refractivity contribution is 7.10. The molecule has 68 heavy (non-hydrogen) atoms. The van der Waals surface area contributed by atoms with Crippen LogP contribution in [0, 0.1) is 16.7 Å². The number of hydrogen-bond acceptors (Lipinski definition) is 10. The zero-order valence-corrected chi connectivity index (χ0v) is 42.9. The monoisotopic (exact) mass is 956 g/mol. The summed E-state index contributed by atoms with van der Waals surface area (Å²) >= 11 is 3.22. The quantitative estimate of drug-likeness (QED) is 0.129. The molecule has 2 fully saturated rings. The Hall–Kier alpha value is -5.50. The van der Waals surface area contributed by atoms with Gasteiger partial charge in [0.25, 0.3) is 0 Å². The maximum Gasteiger partial charge on any atom is 0.307 e. The minimum Gasteiger partial charge on any atom is -0.460 e. The molecule has 4 aromatic carbocycles. The third-order valence-electron chi connectivity index (χ3n) is 12.8. The zero-order chi connectivity index (χ0) is 49.1. The van der Waals surface area contributed by atoms with Crippen LogP contribution in [0.25, 0.3) is 44.1 Å². The van der Waals surface area contributed by atoms with Crippen LogP contribution in [0.2, 0.25) is 0 Å². The summed E-state index contributed by atoms with van der Waals surface area (Å²) in [5.74, 6) is -1.46. The van der Waals surface area contributed by atoms with Crippen molar-refractivity contribution in [2.45, 2.75) is 131 Å². The minimum absolute atomic E-state index is 0.0367. The van der Waals surface area contributed by atoms with Crippen LogP contribution >= 0.6 is 22.7 Å². The standard InChI is InChI=1S/C32H41N3O4S.C23H27N3OS/c1-20(18-26(36)39-32(5,6)7)28(37)34-27(31(2,3)4)30(38)35-17-11-16-25(35)29-33-24(19-40-29)23-15-10-13-21-12-8-9-14-22(21)23;1-23(2,3)20(24)22(27)26-13-7-12-19(26)21-25-18(14-28-21)17-11-6-9-15-8-4-5-10-16(15)17/h8-10,12-15,19-20,25,27H,11,16-18H2,1-7H3,(H,34,37);4-6,8-11,14,19-20H,7,12-13,24H2,1-3H3/t20-,25+,27-;19-,20+/m10/s1. The first-order valence-corrected chi connectivity index (χ1v) is 25.6. The number of rotatable bonds is 10. The van der Waals surface area contributed by atoms with Gasteiger partial charge in [0, 0.05) is 40.9 Å². The number of aromatic nitrogens is 2. The Balaban J connectivity index is 0.000000214. The molecule has 360 valence electrons. The number of amides is 3. The molecule has 5 atom stereocenters. The van der Waals surface area contributed by atoms with Crippen LogP contribution in [0.1, 0.15) is 123 Å². The Labute approximate surface area is 409 Å². The van der Waals surface area contributed by atoms with E-state index in [1.54, 1.807) is 50.4 Å². The topological polar surface area (TPSA) is 148 Å². The first-order valence-electron chi connectivity index (χ1n) is 23.9. The van der Waals surface area contributed by atoms with E-state index in [9.17, 15) is 19.2 Å². The summed E-state index contributed by atoms with van der Waals surface area (Å²) in [7, 11) is 0. The summed E-state index contributed by atoms with van der Waals surface area (Å²) in [6.07, 6.45) is 3.60. The number of esters is 1. The van der Waals surface area contributed by atoms with Crippen LogP contribution in [0.3, 0.4) is 0 Å². The van der Waals surface area contributed by atoms with E-state index >= 15 is 0 Å². The Kier molecular flexibility index (Phi) is 15.3. The maximum absolute atomic E-state index is 14.0. The van der Waals surface area contributed by atoms with Crippen molar-refractivity contribution in [2.75, 3.05) is 13.1 Å². The Morgan fingerprint density at radius 1 is 0.676 bits per heavy atom. The molecule has 6 aromatic rings. The molecule has 8 rings (SSSR count). The first-order chi connectivity index (χ1) is 32.1. The van der Waals surface area contributed by atoms with E-state index in [-0.39, 0.29) is 41.6 Å². The fourth-order valence-electron chi connectivity index (χ4n) is 8.97. The summed E-state index contributed by atoms with van der Waals surface area (Å²) in [4.78, 5) is 66.2. The Morgan fingerprint density at radius 3 is 1.59 bits per heavy atom. The van der Waals surface area contributed by atoms with Crippen LogP contribution in [-0.2, 0) is 23.9 Å². The van der Waals surface area contributed by atoms with Gasteiger partial charge in [-0.3, -0.25) is 19.2 Å². The van der Waals surface area contributed by atoms with Crippen LogP contribution in [-0.4, -0.2) is 74.2 Å². The lowest BCUT2D eigenvalue weighted by Gasteiger charge is -2.36. The molecule has 2 saturated heterocycles. The average Bonchev–Trinajstić information content (AvgIpc) is 4.13. The fraction of sp³-hybridized carbons (Fsp3) is 0.455. The molecule has 0 unspecified atom stereocenters. The number of carbonyl (C=O) groups is 4. The van der Waals surface area contributed by atoms with Gasteiger partial charge in [-0.15, -0.1) is 22.7 Å². The molecular formula is C55H68N6O5S2. The predicted molar refractivity (Wildman–Crippen MR) is 276 cm³/mol. The molecule has 3 N–H and O–H groups in total. The highest BCUT2D eigenvalue weighted by atomic mass is 32.1. The molecule has 0 radical (unpaired) electrons. The van der Waals surface area contributed by atoms with Crippen molar-refractivity contribution in [3.05, 3.63) is 106 Å². The van der Waals surface area contributed by atoms with Crippen LogP contribution in [0.5, 0.6) is 0 Å². The average molecular weight is 957 g/mol. The second-order valence-electron chi connectivity index (χ2n) is 21.4. The predicted octanol–water partition coefficient (Wildman–Crippen LogP) is 11.5. The normalized spacial score (nSPS) is 17.9. The van der Waals surface area contributed by atoms with E-state index in [1.807, 2.05) is 69.5 Å². The van der Waals surface area contributed by atoms with Crippen LogP contribution in [0.15, 0.2) is 95.7 Å². The number of hydrogen-bond donors (Lipinski definition) is 2. The van der Waals surface area contributed by atoms with Gasteiger partial charge in [-0.05, 0) is 78.8 Å². The number of fused-ring (bicyclic) bond motifs is 2. The minimum atomic E-state index is -0.737. The lowest BCUT2D eigenvalue weighted by atomic mass is 9.85. The summed E-state index contributed by atoms with van der Waals surface area (Å²) in [6, 6.07) is 27.9. The molecule has 0 aliphatic carbocycles. The van der Waals surface area contributed by atoms with Gasteiger partial charge in [0.05, 0.1) is 35.9 Å². The molecule has 3 amide bonds. The third-order valence-corrected chi connectivity index (χ3v) is 14.6. The number of ether oxygens (including phenoxy) is 1. The van der Waals surface area contributed by atoms with Gasteiger partial charge in [0.15, 0.2) is 0 Å². The molecule has 11 nitrogen and oxygen atoms in total. The molecule has 0 spiro atoms. The number of nitrogens with zero attached hydrogens (tertiary/aromatic N) is 4. The number of thiazole rings is 2. The third kappa shape index (κ3) is 11.7. The Morgan fingerprint density at radius 2 is 1.13 bits per heavy atom. The van der Waals surface area contributed by atoms with Crippen molar-refractivity contribution in [3.8, 4) is 22.5 Å². The van der Waals surface area contributed by atoms with Crippen LogP contribution in [0.4, 0.5) is 0 Å². The molecule has 2 aromatic heterocycles. The van der Waals surface area contributed by atoms with E-state index in [0.29, 0.717) is 6.54 Å². The molecule has 4 heterocycles. The second kappa shape index (κ2) is 20.6. The lowest BCUT2D eigenvalue weighted by Crippen LogP contribution is -2.55. The highest BCUT2D eigenvalue weighted by Crippen LogP contribution is 2.40. The number of nitrogens with two attached hydrogens (primary N) is 1. The molecule has 13 heteroatoms. The van der Waals surface area contributed by atoms with Crippen molar-refractivity contribution >= 4 is 67.9 Å². The van der Waals surface area contributed by atoms with Gasteiger partial charge in [0.1, 0.15) is 21.7 Å². The van der Waals surface area contributed by atoms with E-state index in [1.165, 1.54) is 10.8 Å². The summed E-state index contributed by atoms with van der Waals surface area (Å²) in [6.45, 7) is 20.3. The Bertz CT molecular complexity index is 2750. The molecule has 0 saturated carbocycles. The zero-order valence-electron chi connectivity index (χ0n) is 41.3. The summed E-state index contributed by atoms with van der Waals surface area (Å²) in [5, 5.41) is 13.8. The fourth-order valence-corrected chi connectivity index (χ4v) is 10.9. The van der Waals surface area contributed by atoms with E-state index in [0.717, 1.165) is 75.5 Å². The van der Waals surface area contributed by atoms with E-state index < -0.39 is 35.0 Å². The highest BCUT2D eigenvalue weighted by Gasteiger charge is 2.42. The van der Waals surface area contributed by atoms with Crippen molar-refractivity contribution in [2.24, 2.45) is 22.5 Å². The van der Waals surface area contributed by atoms with Gasteiger partial charge < -0.3 is 25.6 Å². The maximum atomic E-state index is 14.0. The van der Waals surface area contributed by atoms with Gasteiger partial charge in [0.2, 0.25) is 17.7 Å². The smallest absolute Gasteiger partial charge is 0.307 e. The van der Waals surface area contributed by atoms with Crippen molar-refractivity contribution in [1.29, 1.82) is 0 Å². The van der Waals surface area contributed by atoms with E-state index in [2.05, 4.69) is 82.8 Å². The number of nitrogens with one attached hydrogen (secondary N) is 1. The van der Waals surface area contributed by atoms with Gasteiger partial charge in [-0.1, -0.05) is 133 Å². The first kappa shape index (κ1) is 50.4.